The first-order chi connectivity index (χ1) is 15.7. The number of likely N-dealkylation sites (tertiary alicyclic amines) is 1. The smallest absolute Gasteiger partial charge is 0.258 e. The summed E-state index contributed by atoms with van der Waals surface area (Å²) < 4.78 is 10.7. The van der Waals surface area contributed by atoms with Gasteiger partial charge in [0.1, 0.15) is 5.75 Å². The molecule has 1 atom stereocenters. The number of methoxy groups -OCH3 is 1. The molecule has 2 heterocycles. The lowest BCUT2D eigenvalue weighted by molar-refractivity contribution is -0.121. The first kappa shape index (κ1) is 21.5. The van der Waals surface area contributed by atoms with E-state index in [0.717, 1.165) is 18.4 Å². The maximum Gasteiger partial charge on any atom is 0.258 e. The van der Waals surface area contributed by atoms with E-state index in [-0.39, 0.29) is 24.3 Å². The Balaban J connectivity index is 1.35. The summed E-state index contributed by atoms with van der Waals surface area (Å²) in [6.07, 6.45) is 2.22. The number of amides is 2. The Labute approximate surface area is 186 Å². The molecule has 32 heavy (non-hydrogen) atoms. The van der Waals surface area contributed by atoms with Gasteiger partial charge in [-0.15, -0.1) is 0 Å². The van der Waals surface area contributed by atoms with Crippen LogP contribution in [0.15, 0.2) is 59.1 Å². The third-order valence-electron chi connectivity index (χ3n) is 5.53. The molecule has 1 unspecified atom stereocenters. The molecule has 0 bridgehead atoms. The molecule has 0 spiro atoms. The van der Waals surface area contributed by atoms with Crippen molar-refractivity contribution >= 4 is 11.8 Å². The molecule has 2 aromatic carbocycles. The standard InChI is InChI=1S/C24H26N4O4/c1-31-20-12-6-5-10-18(20)24(30)28-15-7-11-19(28)23-26-22(32-27-23)14-13-21(29)25-16-17-8-3-2-4-9-17/h2-6,8-10,12,19H,7,11,13-16H2,1H3,(H,25,29). The van der Waals surface area contributed by atoms with Crippen molar-refractivity contribution in [1.29, 1.82) is 0 Å². The summed E-state index contributed by atoms with van der Waals surface area (Å²) in [7, 11) is 1.55. The second-order valence-corrected chi connectivity index (χ2v) is 7.67. The van der Waals surface area contributed by atoms with Gasteiger partial charge in [-0.3, -0.25) is 9.59 Å². The van der Waals surface area contributed by atoms with Crippen LogP contribution in [0.5, 0.6) is 5.75 Å². The Morgan fingerprint density at radius 2 is 1.94 bits per heavy atom. The Kier molecular flexibility index (Phi) is 6.79. The Hall–Kier alpha value is -3.68. The molecule has 1 aliphatic rings. The minimum absolute atomic E-state index is 0.0811. The van der Waals surface area contributed by atoms with Gasteiger partial charge in [0.15, 0.2) is 5.82 Å². The summed E-state index contributed by atoms with van der Waals surface area (Å²) in [5.74, 6) is 1.22. The van der Waals surface area contributed by atoms with Gasteiger partial charge in [0.2, 0.25) is 11.8 Å². The minimum Gasteiger partial charge on any atom is -0.496 e. The average Bonchev–Trinajstić information content (AvgIpc) is 3.51. The first-order valence-electron chi connectivity index (χ1n) is 10.7. The van der Waals surface area contributed by atoms with Crippen molar-refractivity contribution in [2.24, 2.45) is 0 Å². The van der Waals surface area contributed by atoms with Crippen molar-refractivity contribution in [2.45, 2.75) is 38.3 Å². The van der Waals surface area contributed by atoms with Crippen LogP contribution in [-0.4, -0.2) is 40.5 Å². The van der Waals surface area contributed by atoms with Gasteiger partial charge in [0.25, 0.3) is 5.91 Å². The predicted molar refractivity (Wildman–Crippen MR) is 117 cm³/mol. The SMILES string of the molecule is COc1ccccc1C(=O)N1CCCC1c1noc(CCC(=O)NCc2ccccc2)n1. The molecule has 1 saturated heterocycles. The number of nitrogens with one attached hydrogen (secondary N) is 1. The zero-order valence-corrected chi connectivity index (χ0v) is 18.0. The Bertz CT molecular complexity index is 1070. The fourth-order valence-corrected chi connectivity index (χ4v) is 3.86. The van der Waals surface area contributed by atoms with Gasteiger partial charge >= 0.3 is 0 Å². The summed E-state index contributed by atoms with van der Waals surface area (Å²) in [5.41, 5.74) is 1.56. The summed E-state index contributed by atoms with van der Waals surface area (Å²) >= 11 is 0. The number of nitrogens with zero attached hydrogens (tertiary/aromatic N) is 3. The van der Waals surface area contributed by atoms with Gasteiger partial charge in [0, 0.05) is 25.9 Å². The van der Waals surface area contributed by atoms with Crippen LogP contribution in [0.2, 0.25) is 0 Å². The van der Waals surface area contributed by atoms with Crippen LogP contribution in [0.25, 0.3) is 0 Å². The van der Waals surface area contributed by atoms with Crippen molar-refractivity contribution in [3.05, 3.63) is 77.4 Å². The topological polar surface area (TPSA) is 97.6 Å². The lowest BCUT2D eigenvalue weighted by Gasteiger charge is -2.23. The number of rotatable bonds is 8. The van der Waals surface area contributed by atoms with Crippen LogP contribution in [0.4, 0.5) is 0 Å². The number of benzene rings is 2. The number of ether oxygens (including phenoxy) is 1. The largest absolute Gasteiger partial charge is 0.496 e. The number of para-hydroxylation sites is 1. The molecule has 3 aromatic rings. The van der Waals surface area contributed by atoms with Crippen molar-refractivity contribution in [2.75, 3.05) is 13.7 Å². The highest BCUT2D eigenvalue weighted by atomic mass is 16.5. The van der Waals surface area contributed by atoms with E-state index in [4.69, 9.17) is 9.26 Å². The number of carbonyl (C=O) groups excluding carboxylic acids is 2. The van der Waals surface area contributed by atoms with Crippen LogP contribution < -0.4 is 10.1 Å². The lowest BCUT2D eigenvalue weighted by atomic mass is 10.1. The lowest BCUT2D eigenvalue weighted by Crippen LogP contribution is -2.31. The van der Waals surface area contributed by atoms with Crippen molar-refractivity contribution < 1.29 is 18.8 Å². The molecule has 8 heteroatoms. The fourth-order valence-electron chi connectivity index (χ4n) is 3.86. The third kappa shape index (κ3) is 4.96. The highest BCUT2D eigenvalue weighted by Gasteiger charge is 2.34. The summed E-state index contributed by atoms with van der Waals surface area (Å²) in [6.45, 7) is 1.10. The molecule has 0 saturated carbocycles. The van der Waals surface area contributed by atoms with Crippen LogP contribution >= 0.6 is 0 Å². The van der Waals surface area contributed by atoms with Crippen LogP contribution in [-0.2, 0) is 17.8 Å². The van der Waals surface area contributed by atoms with E-state index < -0.39 is 0 Å². The fraction of sp³-hybridized carbons (Fsp3) is 0.333. The number of hydrogen-bond donors (Lipinski definition) is 1. The van der Waals surface area contributed by atoms with Gasteiger partial charge in [-0.05, 0) is 30.5 Å². The highest BCUT2D eigenvalue weighted by molar-refractivity contribution is 5.97. The van der Waals surface area contributed by atoms with Crippen LogP contribution in [0.3, 0.4) is 0 Å². The number of aryl methyl sites for hydroxylation is 1. The third-order valence-corrected chi connectivity index (χ3v) is 5.53. The first-order valence-corrected chi connectivity index (χ1v) is 10.7. The van der Waals surface area contributed by atoms with Gasteiger partial charge in [0.05, 0.1) is 18.7 Å². The number of hydrogen-bond acceptors (Lipinski definition) is 6. The van der Waals surface area contributed by atoms with Gasteiger partial charge in [-0.25, -0.2) is 0 Å². The molecule has 1 fully saturated rings. The van der Waals surface area contributed by atoms with E-state index in [1.54, 1.807) is 24.1 Å². The summed E-state index contributed by atoms with van der Waals surface area (Å²) in [5, 5.41) is 6.98. The van der Waals surface area contributed by atoms with Gasteiger partial charge in [-0.1, -0.05) is 47.6 Å². The molecule has 1 N–H and O–H groups in total. The van der Waals surface area contributed by atoms with Crippen LogP contribution in [0.1, 0.15) is 52.9 Å². The van der Waals surface area contributed by atoms with Crippen molar-refractivity contribution in [1.82, 2.24) is 20.4 Å². The van der Waals surface area contributed by atoms with Crippen LogP contribution in [0, 0.1) is 0 Å². The van der Waals surface area contributed by atoms with E-state index in [2.05, 4.69) is 15.5 Å². The average molecular weight is 434 g/mol. The molecule has 0 aliphatic carbocycles. The Morgan fingerprint density at radius 1 is 1.16 bits per heavy atom. The molecular weight excluding hydrogens is 408 g/mol. The van der Waals surface area contributed by atoms with E-state index in [1.807, 2.05) is 42.5 Å². The zero-order valence-electron chi connectivity index (χ0n) is 18.0. The molecule has 1 aliphatic heterocycles. The van der Waals surface area contributed by atoms with Crippen molar-refractivity contribution in [3.8, 4) is 5.75 Å². The van der Waals surface area contributed by atoms with Crippen molar-refractivity contribution in [3.63, 3.8) is 0 Å². The maximum absolute atomic E-state index is 13.1. The van der Waals surface area contributed by atoms with E-state index in [0.29, 0.717) is 42.5 Å². The molecule has 0 radical (unpaired) electrons. The molecule has 2 amide bonds. The normalized spacial score (nSPS) is 15.5. The molecular formula is C24H26N4O4. The Morgan fingerprint density at radius 3 is 2.75 bits per heavy atom. The van der Waals surface area contributed by atoms with Gasteiger partial charge in [-0.2, -0.15) is 4.98 Å². The molecule has 4 rings (SSSR count). The predicted octanol–water partition coefficient (Wildman–Crippen LogP) is 3.30. The maximum atomic E-state index is 13.1. The van der Waals surface area contributed by atoms with E-state index in [9.17, 15) is 9.59 Å². The second kappa shape index (κ2) is 10.1. The molecule has 8 nitrogen and oxygen atoms in total. The van der Waals surface area contributed by atoms with Gasteiger partial charge < -0.3 is 19.5 Å². The summed E-state index contributed by atoms with van der Waals surface area (Å²) in [4.78, 5) is 31.5. The molecule has 1 aromatic heterocycles. The molecule has 166 valence electrons. The van der Waals surface area contributed by atoms with E-state index in [1.165, 1.54) is 0 Å². The number of aromatic nitrogens is 2. The quantitative estimate of drug-likeness (QED) is 0.584. The highest BCUT2D eigenvalue weighted by Crippen LogP contribution is 2.33. The monoisotopic (exact) mass is 434 g/mol. The van der Waals surface area contributed by atoms with E-state index >= 15 is 0 Å². The second-order valence-electron chi connectivity index (χ2n) is 7.67. The summed E-state index contributed by atoms with van der Waals surface area (Å²) in [6, 6.07) is 16.7. The minimum atomic E-state index is -0.253. The number of carbonyl (C=O) groups is 2. The zero-order chi connectivity index (χ0) is 22.3.